The van der Waals surface area contributed by atoms with Crippen molar-refractivity contribution in [3.05, 3.63) is 48.0 Å². The van der Waals surface area contributed by atoms with Crippen LogP contribution in [-0.4, -0.2) is 69.8 Å². The van der Waals surface area contributed by atoms with Gasteiger partial charge in [0.25, 0.3) is 0 Å². The normalized spacial score (nSPS) is 29.3. The van der Waals surface area contributed by atoms with Crippen molar-refractivity contribution in [2.75, 3.05) is 6.54 Å². The number of rotatable bonds is 5. The minimum absolute atomic E-state index is 0.152. The van der Waals surface area contributed by atoms with Crippen molar-refractivity contribution in [1.82, 2.24) is 15.5 Å². The Labute approximate surface area is 235 Å². The maximum absolute atomic E-state index is 13.9. The fourth-order valence-electron chi connectivity index (χ4n) is 5.42. The number of ether oxygens (including phenoxy) is 2. The quantitative estimate of drug-likeness (QED) is 0.473. The van der Waals surface area contributed by atoms with E-state index in [1.54, 1.807) is 20.8 Å². The standard InChI is InChI=1S/C30H41N3O7/c1-29(2,3)40-28(38)31-23-15-11-6-4-5-10-14-21-17-30(21,27(36)37)32-25(34)24-16-22(18-33(24)26(23)35)39-19-20-12-8-7-9-13-20/h7-10,12-14,21-24H,4-6,11,15-19H2,1-3H3,(H,31,38)(H,32,34)(H,36,37)/t21-,22-,23+,24+,30-/m1/s1. The highest BCUT2D eigenvalue weighted by Crippen LogP contribution is 2.45. The van der Waals surface area contributed by atoms with Gasteiger partial charge in [-0.1, -0.05) is 55.3 Å². The lowest BCUT2D eigenvalue weighted by Crippen LogP contribution is -2.56. The number of alkyl carbamates (subject to hydrolysis) is 1. The van der Waals surface area contributed by atoms with Crippen molar-refractivity contribution >= 4 is 23.9 Å². The number of carboxylic acids is 1. The molecule has 2 aliphatic heterocycles. The van der Waals surface area contributed by atoms with E-state index in [1.807, 2.05) is 42.5 Å². The number of fused-ring (bicyclic) bond motifs is 2. The molecule has 1 aromatic rings. The van der Waals surface area contributed by atoms with E-state index in [2.05, 4.69) is 10.6 Å². The molecule has 4 rings (SSSR count). The molecule has 3 amide bonds. The lowest BCUT2D eigenvalue weighted by Gasteiger charge is -2.30. The SMILES string of the molecule is CC(C)(C)OC(=O)N[C@H]1CCCCCC=C[C@@H]2C[C@@]2(C(=O)O)NC(=O)[C@@H]2C[C@@H](OCc3ccccc3)CN2C1=O. The second-order valence-corrected chi connectivity index (χ2v) is 12.0. The molecular formula is C30H41N3O7. The summed E-state index contributed by atoms with van der Waals surface area (Å²) in [6.45, 7) is 5.71. The highest BCUT2D eigenvalue weighted by Gasteiger charge is 2.61. The van der Waals surface area contributed by atoms with Gasteiger partial charge in [-0.05, 0) is 52.0 Å². The van der Waals surface area contributed by atoms with Crippen LogP contribution < -0.4 is 10.6 Å². The number of hydrogen-bond donors (Lipinski definition) is 3. The topological polar surface area (TPSA) is 134 Å². The second-order valence-electron chi connectivity index (χ2n) is 12.0. The smallest absolute Gasteiger partial charge is 0.408 e. The fourth-order valence-corrected chi connectivity index (χ4v) is 5.42. The summed E-state index contributed by atoms with van der Waals surface area (Å²) in [5, 5.41) is 15.5. The molecule has 0 aromatic heterocycles. The molecule has 3 N–H and O–H groups in total. The lowest BCUT2D eigenvalue weighted by atomic mass is 10.0. The minimum Gasteiger partial charge on any atom is -0.479 e. The number of carbonyl (C=O) groups is 4. The monoisotopic (exact) mass is 555 g/mol. The van der Waals surface area contributed by atoms with Crippen molar-refractivity contribution in [1.29, 1.82) is 0 Å². The van der Waals surface area contributed by atoms with Gasteiger partial charge in [-0.2, -0.15) is 0 Å². The van der Waals surface area contributed by atoms with E-state index in [9.17, 15) is 24.3 Å². The Morgan fingerprint density at radius 1 is 1.15 bits per heavy atom. The Balaban J connectivity index is 1.57. The summed E-state index contributed by atoms with van der Waals surface area (Å²) in [5.41, 5.74) is -1.15. The summed E-state index contributed by atoms with van der Waals surface area (Å²) < 4.78 is 11.5. The van der Waals surface area contributed by atoms with Crippen molar-refractivity contribution in [2.45, 2.75) is 102 Å². The summed E-state index contributed by atoms with van der Waals surface area (Å²) in [7, 11) is 0. The van der Waals surface area contributed by atoms with E-state index < -0.39 is 53.2 Å². The predicted octanol–water partition coefficient (Wildman–Crippen LogP) is 3.55. The van der Waals surface area contributed by atoms with E-state index in [4.69, 9.17) is 9.47 Å². The molecule has 3 aliphatic rings. The Bertz CT molecular complexity index is 1120. The number of hydrogen-bond acceptors (Lipinski definition) is 6. The van der Waals surface area contributed by atoms with Crippen molar-refractivity contribution in [3.63, 3.8) is 0 Å². The van der Waals surface area contributed by atoms with Gasteiger partial charge >= 0.3 is 12.1 Å². The number of carbonyl (C=O) groups excluding carboxylic acids is 3. The largest absolute Gasteiger partial charge is 0.479 e. The van der Waals surface area contributed by atoms with Gasteiger partial charge in [0.1, 0.15) is 23.2 Å². The predicted molar refractivity (Wildman–Crippen MR) is 147 cm³/mol. The Morgan fingerprint density at radius 2 is 1.90 bits per heavy atom. The van der Waals surface area contributed by atoms with Crippen LogP contribution in [0.2, 0.25) is 0 Å². The molecule has 218 valence electrons. The maximum Gasteiger partial charge on any atom is 0.408 e. The molecular weight excluding hydrogens is 514 g/mol. The zero-order chi connectivity index (χ0) is 28.9. The van der Waals surface area contributed by atoms with Crippen LogP contribution in [0.5, 0.6) is 0 Å². The van der Waals surface area contributed by atoms with E-state index in [0.717, 1.165) is 24.8 Å². The van der Waals surface area contributed by atoms with E-state index >= 15 is 0 Å². The van der Waals surface area contributed by atoms with E-state index in [1.165, 1.54) is 4.90 Å². The average Bonchev–Trinajstić information content (AvgIpc) is 3.41. The second kappa shape index (κ2) is 12.4. The van der Waals surface area contributed by atoms with Gasteiger partial charge in [-0.3, -0.25) is 9.59 Å². The molecule has 1 aromatic carbocycles. The molecule has 1 saturated carbocycles. The first-order valence-corrected chi connectivity index (χ1v) is 14.2. The summed E-state index contributed by atoms with van der Waals surface area (Å²) in [4.78, 5) is 53.8. The first kappa shape index (κ1) is 29.6. The van der Waals surface area contributed by atoms with Crippen LogP contribution >= 0.6 is 0 Å². The first-order chi connectivity index (χ1) is 19.0. The molecule has 2 heterocycles. The number of carboxylic acid groups (broad SMARTS) is 1. The van der Waals surface area contributed by atoms with Gasteiger partial charge in [-0.25, -0.2) is 9.59 Å². The van der Waals surface area contributed by atoms with Crippen molar-refractivity contribution in [3.8, 4) is 0 Å². The third-order valence-electron chi connectivity index (χ3n) is 7.64. The average molecular weight is 556 g/mol. The van der Waals surface area contributed by atoms with E-state index in [-0.39, 0.29) is 18.9 Å². The van der Waals surface area contributed by atoms with Gasteiger partial charge in [0.15, 0.2) is 0 Å². The number of nitrogens with one attached hydrogen (secondary N) is 2. The Kier molecular flexibility index (Phi) is 9.18. The highest BCUT2D eigenvalue weighted by molar-refractivity contribution is 5.96. The molecule has 10 nitrogen and oxygen atoms in total. The highest BCUT2D eigenvalue weighted by atomic mass is 16.6. The summed E-state index contributed by atoms with van der Waals surface area (Å²) in [6.07, 6.45) is 6.81. The molecule has 1 saturated heterocycles. The lowest BCUT2D eigenvalue weighted by molar-refractivity contribution is -0.145. The number of nitrogens with zero attached hydrogens (tertiary/aromatic N) is 1. The maximum atomic E-state index is 13.9. The molecule has 40 heavy (non-hydrogen) atoms. The third kappa shape index (κ3) is 7.41. The van der Waals surface area contributed by atoms with Crippen LogP contribution in [0.1, 0.15) is 71.3 Å². The van der Waals surface area contributed by atoms with Gasteiger partial charge in [0.05, 0.1) is 12.7 Å². The summed E-state index contributed by atoms with van der Waals surface area (Å²) >= 11 is 0. The van der Waals surface area contributed by atoms with Crippen LogP contribution in [0.15, 0.2) is 42.5 Å². The summed E-state index contributed by atoms with van der Waals surface area (Å²) in [5.74, 6) is -2.31. The van der Waals surface area contributed by atoms with Gasteiger partial charge in [-0.15, -0.1) is 0 Å². The number of aliphatic carboxylic acids is 1. The number of benzene rings is 1. The zero-order valence-electron chi connectivity index (χ0n) is 23.6. The molecule has 0 bridgehead atoms. The van der Waals surface area contributed by atoms with Crippen LogP contribution in [0.3, 0.4) is 0 Å². The van der Waals surface area contributed by atoms with Crippen LogP contribution in [-0.2, 0) is 30.5 Å². The zero-order valence-corrected chi connectivity index (χ0v) is 23.6. The molecule has 0 radical (unpaired) electrons. The van der Waals surface area contributed by atoms with Crippen molar-refractivity contribution in [2.24, 2.45) is 5.92 Å². The van der Waals surface area contributed by atoms with Crippen molar-refractivity contribution < 1.29 is 33.8 Å². The molecule has 10 heteroatoms. The van der Waals surface area contributed by atoms with Crippen LogP contribution in [0.4, 0.5) is 4.79 Å². The molecule has 0 unspecified atom stereocenters. The Hall–Kier alpha value is -3.40. The van der Waals surface area contributed by atoms with Gasteiger partial charge in [0, 0.05) is 18.9 Å². The molecule has 1 aliphatic carbocycles. The van der Waals surface area contributed by atoms with Crippen LogP contribution in [0, 0.1) is 5.92 Å². The van der Waals surface area contributed by atoms with E-state index in [0.29, 0.717) is 25.9 Å². The summed E-state index contributed by atoms with van der Waals surface area (Å²) in [6, 6.07) is 7.78. The fraction of sp³-hybridized carbons (Fsp3) is 0.600. The minimum atomic E-state index is -1.38. The molecule has 5 atom stereocenters. The third-order valence-corrected chi connectivity index (χ3v) is 7.64. The number of amides is 3. The first-order valence-electron chi connectivity index (χ1n) is 14.2. The Morgan fingerprint density at radius 3 is 2.60 bits per heavy atom. The molecule has 0 spiro atoms. The molecule has 2 fully saturated rings. The number of allylic oxidation sites excluding steroid dienone is 1. The van der Waals surface area contributed by atoms with Gasteiger partial charge < -0.3 is 30.1 Å². The van der Waals surface area contributed by atoms with Gasteiger partial charge in [0.2, 0.25) is 11.8 Å². The van der Waals surface area contributed by atoms with Crippen LogP contribution in [0.25, 0.3) is 0 Å².